The number of likely N-dealkylation sites (tertiary alicyclic amines) is 1. The lowest BCUT2D eigenvalue weighted by Crippen LogP contribution is -2.57. The lowest BCUT2D eigenvalue weighted by molar-refractivity contribution is -0.139. The van der Waals surface area contributed by atoms with Crippen LogP contribution in [0.3, 0.4) is 0 Å². The first-order valence-electron chi connectivity index (χ1n) is 14.1. The molecule has 8 heteroatoms. The van der Waals surface area contributed by atoms with Crippen LogP contribution in [-0.4, -0.2) is 53.8 Å². The summed E-state index contributed by atoms with van der Waals surface area (Å²) in [6.45, 7) is 8.63. The molecule has 7 nitrogen and oxygen atoms in total. The molecule has 1 heterocycles. The first-order chi connectivity index (χ1) is 18.6. The van der Waals surface area contributed by atoms with E-state index in [9.17, 15) is 14.4 Å². The van der Waals surface area contributed by atoms with E-state index >= 15 is 0 Å². The van der Waals surface area contributed by atoms with E-state index in [-0.39, 0.29) is 41.5 Å². The van der Waals surface area contributed by atoms with Gasteiger partial charge in [-0.05, 0) is 69.1 Å². The van der Waals surface area contributed by atoms with Gasteiger partial charge in [-0.1, -0.05) is 60.7 Å². The summed E-state index contributed by atoms with van der Waals surface area (Å²) in [5.74, 6) is -0.544. The first-order valence-corrected chi connectivity index (χ1v) is 14.1. The Bertz CT molecular complexity index is 1190. The second-order valence-corrected chi connectivity index (χ2v) is 11.6. The van der Waals surface area contributed by atoms with Gasteiger partial charge < -0.3 is 21.3 Å². The van der Waals surface area contributed by atoms with Gasteiger partial charge in [0.05, 0.1) is 11.5 Å². The van der Waals surface area contributed by atoms with Crippen molar-refractivity contribution in [1.82, 2.24) is 15.5 Å². The van der Waals surface area contributed by atoms with Crippen molar-refractivity contribution in [1.29, 1.82) is 0 Å². The molecule has 4 rings (SSSR count). The Balaban J connectivity index is 0.00000441. The Morgan fingerprint density at radius 2 is 1.75 bits per heavy atom. The molecule has 2 aliphatic rings. The van der Waals surface area contributed by atoms with Crippen LogP contribution in [0.4, 0.5) is 0 Å². The molecule has 40 heavy (non-hydrogen) atoms. The lowest BCUT2D eigenvalue weighted by Gasteiger charge is -2.41. The second kappa shape index (κ2) is 13.5. The van der Waals surface area contributed by atoms with Crippen LogP contribution >= 0.6 is 12.4 Å². The van der Waals surface area contributed by atoms with E-state index < -0.39 is 11.6 Å². The maximum Gasteiger partial charge on any atom is 0.245 e. The van der Waals surface area contributed by atoms with Crippen molar-refractivity contribution < 1.29 is 14.4 Å². The second-order valence-electron chi connectivity index (χ2n) is 11.6. The molecule has 1 aliphatic carbocycles. The largest absolute Gasteiger partial charge is 0.352 e. The summed E-state index contributed by atoms with van der Waals surface area (Å²) in [6.07, 6.45) is 6.17. The number of hydrogen-bond donors (Lipinski definition) is 3. The minimum absolute atomic E-state index is 0. The number of carbonyl (C=O) groups is 3. The van der Waals surface area contributed by atoms with Crippen molar-refractivity contribution >= 4 is 30.1 Å². The van der Waals surface area contributed by atoms with Crippen molar-refractivity contribution in [3.8, 4) is 0 Å². The molecule has 4 N–H and O–H groups in total. The Hall–Kier alpha value is -3.16. The quantitative estimate of drug-likeness (QED) is 0.378. The zero-order valence-electron chi connectivity index (χ0n) is 23.7. The molecule has 2 atom stereocenters. The number of carbonyl (C=O) groups excluding carboxylic acids is 3. The minimum Gasteiger partial charge on any atom is -0.352 e. The number of fused-ring (bicyclic) bond motifs is 2. The molecule has 1 aliphatic heterocycles. The van der Waals surface area contributed by atoms with Crippen LogP contribution in [0, 0.1) is 0 Å². The van der Waals surface area contributed by atoms with Crippen molar-refractivity contribution in [2.24, 2.45) is 5.73 Å². The van der Waals surface area contributed by atoms with Crippen LogP contribution in [0.1, 0.15) is 68.6 Å². The highest BCUT2D eigenvalue weighted by atomic mass is 35.5. The van der Waals surface area contributed by atoms with E-state index in [0.29, 0.717) is 26.1 Å². The highest BCUT2D eigenvalue weighted by molar-refractivity contribution is 5.91. The molecular formula is C32H43ClN4O3. The number of nitrogens with two attached hydrogens (primary N) is 1. The average Bonchev–Trinajstić information content (AvgIpc) is 3.25. The molecule has 0 unspecified atom stereocenters. The van der Waals surface area contributed by atoms with Gasteiger partial charge in [0, 0.05) is 25.0 Å². The maximum absolute atomic E-state index is 13.7. The molecule has 0 bridgehead atoms. The third-order valence-electron chi connectivity index (χ3n) is 8.26. The average molecular weight is 567 g/mol. The predicted molar refractivity (Wildman–Crippen MR) is 161 cm³/mol. The number of halogens is 1. The Morgan fingerprint density at radius 3 is 2.40 bits per heavy atom. The van der Waals surface area contributed by atoms with Gasteiger partial charge >= 0.3 is 0 Å². The molecule has 1 spiro atoms. The number of aryl methyl sites for hydroxylation is 1. The molecule has 1 fully saturated rings. The molecular weight excluding hydrogens is 524 g/mol. The van der Waals surface area contributed by atoms with E-state index in [2.05, 4.69) is 41.5 Å². The summed E-state index contributed by atoms with van der Waals surface area (Å²) in [5, 5.41) is 5.91. The predicted octanol–water partition coefficient (Wildman–Crippen LogP) is 4.00. The van der Waals surface area contributed by atoms with Gasteiger partial charge in [0.1, 0.15) is 6.04 Å². The zero-order chi connectivity index (χ0) is 28.0. The van der Waals surface area contributed by atoms with E-state index in [4.69, 9.17) is 5.73 Å². The van der Waals surface area contributed by atoms with Crippen LogP contribution in [0.2, 0.25) is 0 Å². The number of hydrogen-bond acceptors (Lipinski definition) is 4. The van der Waals surface area contributed by atoms with Gasteiger partial charge in [-0.3, -0.25) is 14.4 Å². The van der Waals surface area contributed by atoms with E-state index in [1.165, 1.54) is 11.1 Å². The fourth-order valence-electron chi connectivity index (χ4n) is 6.03. The van der Waals surface area contributed by atoms with Gasteiger partial charge in [0.25, 0.3) is 0 Å². The van der Waals surface area contributed by atoms with Crippen LogP contribution < -0.4 is 16.4 Å². The first kappa shape index (κ1) is 31.4. The number of rotatable bonds is 10. The van der Waals surface area contributed by atoms with Crippen LogP contribution in [-0.2, 0) is 26.2 Å². The van der Waals surface area contributed by atoms with Gasteiger partial charge in [-0.2, -0.15) is 0 Å². The fourth-order valence-corrected chi connectivity index (χ4v) is 6.03. The van der Waals surface area contributed by atoms with Crippen molar-refractivity contribution in [3.63, 3.8) is 0 Å². The third kappa shape index (κ3) is 7.12. The topological polar surface area (TPSA) is 105 Å². The molecule has 2 aromatic carbocycles. The minimum atomic E-state index is -1.07. The summed E-state index contributed by atoms with van der Waals surface area (Å²) in [7, 11) is 0. The zero-order valence-corrected chi connectivity index (χ0v) is 24.5. The normalized spacial score (nSPS) is 18.3. The highest BCUT2D eigenvalue weighted by Crippen LogP contribution is 2.51. The molecule has 1 saturated heterocycles. The van der Waals surface area contributed by atoms with Gasteiger partial charge in [-0.25, -0.2) is 0 Å². The number of nitrogens with one attached hydrogen (secondary N) is 2. The SMILES string of the molecule is C=CCNC(=O)[C@@H]1CC2(CCN(C(=O)[C@@H](CCCc3ccccc3)NC(=O)C(C)(C)N)CC2)c2ccccc21.Cl. The summed E-state index contributed by atoms with van der Waals surface area (Å²) in [6, 6.07) is 17.8. The summed E-state index contributed by atoms with van der Waals surface area (Å²) in [5.41, 5.74) is 8.37. The van der Waals surface area contributed by atoms with Crippen LogP contribution in [0.25, 0.3) is 0 Å². The Morgan fingerprint density at radius 1 is 1.10 bits per heavy atom. The van der Waals surface area contributed by atoms with Gasteiger partial charge in [-0.15, -0.1) is 19.0 Å². The summed E-state index contributed by atoms with van der Waals surface area (Å²) >= 11 is 0. The number of nitrogens with zero attached hydrogens (tertiary/aromatic N) is 1. The maximum atomic E-state index is 13.7. The number of benzene rings is 2. The van der Waals surface area contributed by atoms with E-state index in [0.717, 1.165) is 37.7 Å². The summed E-state index contributed by atoms with van der Waals surface area (Å²) < 4.78 is 0. The molecule has 2 aromatic rings. The van der Waals surface area contributed by atoms with Crippen molar-refractivity contribution in [3.05, 3.63) is 83.9 Å². The smallest absolute Gasteiger partial charge is 0.245 e. The van der Waals surface area contributed by atoms with E-state index in [1.54, 1.807) is 19.9 Å². The van der Waals surface area contributed by atoms with Gasteiger partial charge in [0.15, 0.2) is 0 Å². The van der Waals surface area contributed by atoms with E-state index in [1.807, 2.05) is 35.2 Å². The highest BCUT2D eigenvalue weighted by Gasteiger charge is 2.48. The van der Waals surface area contributed by atoms with Crippen LogP contribution in [0.15, 0.2) is 67.3 Å². The Kier molecular flexibility index (Phi) is 10.6. The summed E-state index contributed by atoms with van der Waals surface area (Å²) in [4.78, 5) is 41.4. The van der Waals surface area contributed by atoms with Gasteiger partial charge in [0.2, 0.25) is 17.7 Å². The third-order valence-corrected chi connectivity index (χ3v) is 8.26. The monoisotopic (exact) mass is 566 g/mol. The standard InChI is InChI=1S/C32H42N4O3.ClH/c1-4-19-34-28(37)25-22-32(26-15-9-8-14-24(25)26)17-20-36(21-18-32)29(38)27(35-30(39)31(2,3)33)16-10-13-23-11-6-5-7-12-23;/h4-9,11-12,14-15,25,27H,1,10,13,16-22,33H2,2-3H3,(H,34,37)(H,35,39);1H/t25-,27-;/m1./s1. The molecule has 0 radical (unpaired) electrons. The van der Waals surface area contributed by atoms with Crippen molar-refractivity contribution in [2.45, 2.75) is 75.3 Å². The van der Waals surface area contributed by atoms with Crippen LogP contribution in [0.5, 0.6) is 0 Å². The molecule has 0 aromatic heterocycles. The van der Waals surface area contributed by atoms with Crippen molar-refractivity contribution in [2.75, 3.05) is 19.6 Å². The number of amides is 3. The molecule has 0 saturated carbocycles. The lowest BCUT2D eigenvalue weighted by atomic mass is 9.73. The fraction of sp³-hybridized carbons (Fsp3) is 0.469. The molecule has 216 valence electrons. The Labute approximate surface area is 244 Å². The number of piperidine rings is 1. The molecule has 3 amide bonds.